The summed E-state index contributed by atoms with van der Waals surface area (Å²) in [7, 11) is 4.08. The van der Waals surface area contributed by atoms with Gasteiger partial charge < -0.3 is 10.2 Å². The summed E-state index contributed by atoms with van der Waals surface area (Å²) in [6.07, 6.45) is 6.40. The number of likely N-dealkylation sites (N-methyl/N-ethyl adjacent to an activating group) is 1. The minimum atomic E-state index is 0.0759. The van der Waals surface area contributed by atoms with Crippen LogP contribution in [0.1, 0.15) is 73.0 Å². The molecule has 0 saturated carbocycles. The van der Waals surface area contributed by atoms with E-state index in [-0.39, 0.29) is 23.7 Å². The number of rotatable bonds is 12. The average molecular weight is 438 g/mol. The van der Waals surface area contributed by atoms with Gasteiger partial charge in [0.1, 0.15) is 0 Å². The summed E-state index contributed by atoms with van der Waals surface area (Å²) in [5, 5.41) is 3.16. The maximum absolute atomic E-state index is 12.8. The molecule has 0 spiro atoms. The number of amides is 1. The Bertz CT molecular complexity index is 878. The second-order valence-corrected chi connectivity index (χ2v) is 9.36. The molecule has 2 atom stereocenters. The second kappa shape index (κ2) is 12.5. The number of hydrogen-bond donors (Lipinski definition) is 1. The largest absolute Gasteiger partial charge is 0.355 e. The van der Waals surface area contributed by atoms with E-state index in [1.54, 1.807) is 6.20 Å². The van der Waals surface area contributed by atoms with Gasteiger partial charge in [0.2, 0.25) is 5.91 Å². The quantitative estimate of drug-likeness (QED) is 0.485. The molecule has 0 aliphatic heterocycles. The predicted molar refractivity (Wildman–Crippen MR) is 131 cm³/mol. The summed E-state index contributed by atoms with van der Waals surface area (Å²) in [4.78, 5) is 31.2. The highest BCUT2D eigenvalue weighted by Crippen LogP contribution is 2.26. The summed E-state index contributed by atoms with van der Waals surface area (Å²) in [6, 6.07) is 10.1. The summed E-state index contributed by atoms with van der Waals surface area (Å²) >= 11 is 0. The van der Waals surface area contributed by atoms with Gasteiger partial charge in [-0.1, -0.05) is 39.0 Å². The van der Waals surface area contributed by atoms with Gasteiger partial charge in [-0.15, -0.1) is 0 Å². The minimum absolute atomic E-state index is 0.0759. The van der Waals surface area contributed by atoms with Gasteiger partial charge in [0, 0.05) is 43.4 Å². The molecule has 5 nitrogen and oxygen atoms in total. The van der Waals surface area contributed by atoms with Crippen molar-refractivity contribution in [1.29, 1.82) is 0 Å². The zero-order chi connectivity index (χ0) is 23.7. The number of carbonyl (C=O) groups excluding carboxylic acids is 2. The Morgan fingerprint density at radius 1 is 1.16 bits per heavy atom. The Morgan fingerprint density at radius 2 is 1.91 bits per heavy atom. The second-order valence-electron chi connectivity index (χ2n) is 9.36. The number of pyridine rings is 1. The number of hydrogen-bond acceptors (Lipinski definition) is 4. The van der Waals surface area contributed by atoms with E-state index in [2.05, 4.69) is 48.1 Å². The van der Waals surface area contributed by atoms with Crippen LogP contribution in [0.5, 0.6) is 0 Å². The summed E-state index contributed by atoms with van der Waals surface area (Å²) in [6.45, 7) is 8.90. The van der Waals surface area contributed by atoms with Crippen molar-refractivity contribution in [2.75, 3.05) is 20.6 Å². The topological polar surface area (TPSA) is 62.3 Å². The van der Waals surface area contributed by atoms with Crippen LogP contribution in [0.25, 0.3) is 0 Å². The maximum atomic E-state index is 12.8. The van der Waals surface area contributed by atoms with Crippen molar-refractivity contribution < 1.29 is 9.59 Å². The molecule has 2 aromatic rings. The van der Waals surface area contributed by atoms with Gasteiger partial charge in [-0.3, -0.25) is 14.6 Å². The Kier molecular flexibility index (Phi) is 10.0. The lowest BCUT2D eigenvalue weighted by Crippen LogP contribution is -2.42. The van der Waals surface area contributed by atoms with Crippen LogP contribution in [-0.4, -0.2) is 48.3 Å². The van der Waals surface area contributed by atoms with Crippen LogP contribution in [0, 0.1) is 12.8 Å². The SMILES string of the molecule is CCC(=O)c1ccc(C[C@@H](CNC(=O)C[C@@H](CC(C)C)c2cccnc2)N(C)C)c(C)c1. The van der Waals surface area contributed by atoms with Gasteiger partial charge in [0.25, 0.3) is 0 Å². The molecule has 0 fully saturated rings. The molecule has 1 aromatic heterocycles. The van der Waals surface area contributed by atoms with Crippen LogP contribution >= 0.6 is 0 Å². The van der Waals surface area contributed by atoms with Crippen molar-refractivity contribution in [3.63, 3.8) is 0 Å². The number of benzene rings is 1. The van der Waals surface area contributed by atoms with Crippen molar-refractivity contribution >= 4 is 11.7 Å². The number of ketones is 1. The molecule has 5 heteroatoms. The number of aromatic nitrogens is 1. The number of Topliss-reactive ketones (excluding diaryl/α,β-unsaturated/α-hetero) is 1. The molecule has 0 aliphatic carbocycles. The first kappa shape index (κ1) is 25.7. The van der Waals surface area contributed by atoms with Crippen molar-refractivity contribution in [2.24, 2.45) is 5.92 Å². The standard InChI is InChI=1S/C27H39N3O2/c1-7-26(31)22-11-10-21(20(4)14-22)15-25(30(5)6)18-29-27(32)16-24(13-19(2)3)23-9-8-12-28-17-23/h8-12,14,17,19,24-25H,7,13,15-16,18H2,1-6H3,(H,29,32)/t24-,25+/m1/s1. The Hall–Kier alpha value is -2.53. The molecule has 32 heavy (non-hydrogen) atoms. The predicted octanol–water partition coefficient (Wildman–Crippen LogP) is 4.79. The average Bonchev–Trinajstić information content (AvgIpc) is 2.76. The van der Waals surface area contributed by atoms with Crippen LogP contribution in [-0.2, 0) is 11.2 Å². The van der Waals surface area contributed by atoms with Gasteiger partial charge >= 0.3 is 0 Å². The minimum Gasteiger partial charge on any atom is -0.355 e. The van der Waals surface area contributed by atoms with E-state index in [0.717, 1.165) is 29.5 Å². The number of carbonyl (C=O) groups is 2. The zero-order valence-electron chi connectivity index (χ0n) is 20.5. The van der Waals surface area contributed by atoms with Crippen LogP contribution in [0.3, 0.4) is 0 Å². The third-order valence-electron chi connectivity index (χ3n) is 6.05. The molecule has 0 unspecified atom stereocenters. The lowest BCUT2D eigenvalue weighted by molar-refractivity contribution is -0.121. The van der Waals surface area contributed by atoms with E-state index in [1.807, 2.05) is 45.4 Å². The van der Waals surface area contributed by atoms with Crippen molar-refractivity contribution in [2.45, 2.75) is 65.3 Å². The lowest BCUT2D eigenvalue weighted by Gasteiger charge is -2.26. The van der Waals surface area contributed by atoms with Crippen LogP contribution in [0.15, 0.2) is 42.7 Å². The van der Waals surface area contributed by atoms with Crippen molar-refractivity contribution in [3.8, 4) is 0 Å². The lowest BCUT2D eigenvalue weighted by atomic mass is 9.88. The first-order valence-electron chi connectivity index (χ1n) is 11.7. The van der Waals surface area contributed by atoms with Crippen LogP contribution in [0.2, 0.25) is 0 Å². The molecule has 0 saturated heterocycles. The maximum Gasteiger partial charge on any atom is 0.220 e. The summed E-state index contributed by atoms with van der Waals surface area (Å²) < 4.78 is 0. The van der Waals surface area contributed by atoms with Crippen LogP contribution < -0.4 is 5.32 Å². The highest BCUT2D eigenvalue weighted by Gasteiger charge is 2.20. The zero-order valence-corrected chi connectivity index (χ0v) is 20.5. The van der Waals surface area contributed by atoms with Crippen molar-refractivity contribution in [1.82, 2.24) is 15.2 Å². The summed E-state index contributed by atoms with van der Waals surface area (Å²) in [5.41, 5.74) is 4.22. The Morgan fingerprint density at radius 3 is 2.47 bits per heavy atom. The molecule has 1 N–H and O–H groups in total. The Balaban J connectivity index is 2.01. The third-order valence-corrected chi connectivity index (χ3v) is 6.05. The van der Waals surface area contributed by atoms with Gasteiger partial charge in [-0.2, -0.15) is 0 Å². The highest BCUT2D eigenvalue weighted by molar-refractivity contribution is 5.96. The first-order valence-corrected chi connectivity index (χ1v) is 11.7. The highest BCUT2D eigenvalue weighted by atomic mass is 16.1. The molecular weight excluding hydrogens is 398 g/mol. The molecule has 2 rings (SSSR count). The smallest absolute Gasteiger partial charge is 0.220 e. The van der Waals surface area contributed by atoms with Gasteiger partial charge in [-0.25, -0.2) is 0 Å². The van der Waals surface area contributed by atoms with Gasteiger partial charge in [0.05, 0.1) is 0 Å². The van der Waals surface area contributed by atoms with E-state index in [1.165, 1.54) is 5.56 Å². The molecule has 0 radical (unpaired) electrons. The van der Waals surface area contributed by atoms with Crippen LogP contribution in [0.4, 0.5) is 0 Å². The molecule has 174 valence electrons. The number of aryl methyl sites for hydroxylation is 1. The molecule has 0 bridgehead atoms. The molecule has 0 aliphatic rings. The van der Waals surface area contributed by atoms with Crippen molar-refractivity contribution in [3.05, 3.63) is 65.0 Å². The van der Waals surface area contributed by atoms with E-state index in [9.17, 15) is 9.59 Å². The third kappa shape index (κ3) is 7.86. The van der Waals surface area contributed by atoms with E-state index < -0.39 is 0 Å². The molecule has 1 amide bonds. The fourth-order valence-electron chi connectivity index (χ4n) is 4.05. The van der Waals surface area contributed by atoms with E-state index in [0.29, 0.717) is 25.3 Å². The van der Waals surface area contributed by atoms with E-state index >= 15 is 0 Å². The number of nitrogens with one attached hydrogen (secondary N) is 1. The summed E-state index contributed by atoms with van der Waals surface area (Å²) in [5.74, 6) is 0.924. The van der Waals surface area contributed by atoms with Gasteiger partial charge in [-0.05, 0) is 74.5 Å². The monoisotopic (exact) mass is 437 g/mol. The molecule has 1 aromatic carbocycles. The first-order chi connectivity index (χ1) is 15.2. The van der Waals surface area contributed by atoms with Gasteiger partial charge in [0.15, 0.2) is 5.78 Å². The fraction of sp³-hybridized carbons (Fsp3) is 0.519. The fourth-order valence-corrected chi connectivity index (χ4v) is 4.05. The number of nitrogens with zero attached hydrogens (tertiary/aromatic N) is 2. The molecular formula is C27H39N3O2. The molecule has 1 heterocycles. The van der Waals surface area contributed by atoms with E-state index in [4.69, 9.17) is 0 Å². The normalized spacial score (nSPS) is 13.2. The Labute approximate surface area is 193 Å².